The van der Waals surface area contributed by atoms with E-state index in [9.17, 15) is 9.18 Å². The standard InChI is InChI=1S/C15H23FN2O2S/c1-5-20-15(19)11-8-14(12(16)9-13(11)17)18(3)10(2)6-7-21-4/h8-10H,5-7,17H2,1-4H3. The second kappa shape index (κ2) is 8.12. The molecule has 0 aliphatic rings. The van der Waals surface area contributed by atoms with Crippen molar-refractivity contribution < 1.29 is 13.9 Å². The van der Waals surface area contributed by atoms with Gasteiger partial charge in [-0.15, -0.1) is 0 Å². The van der Waals surface area contributed by atoms with E-state index in [0.717, 1.165) is 12.2 Å². The smallest absolute Gasteiger partial charge is 0.340 e. The lowest BCUT2D eigenvalue weighted by Crippen LogP contribution is -2.30. The number of thioether (sulfide) groups is 1. The number of carbonyl (C=O) groups is 1. The fraction of sp³-hybridized carbons (Fsp3) is 0.533. The molecule has 1 atom stereocenters. The number of ether oxygens (including phenoxy) is 1. The van der Waals surface area contributed by atoms with Crippen LogP contribution in [0.2, 0.25) is 0 Å². The average Bonchev–Trinajstić information content (AvgIpc) is 2.44. The van der Waals surface area contributed by atoms with Crippen LogP contribution in [0.3, 0.4) is 0 Å². The average molecular weight is 314 g/mol. The predicted octanol–water partition coefficient (Wildman–Crippen LogP) is 3.16. The molecule has 21 heavy (non-hydrogen) atoms. The van der Waals surface area contributed by atoms with Gasteiger partial charge < -0.3 is 15.4 Å². The van der Waals surface area contributed by atoms with Crippen LogP contribution in [0.25, 0.3) is 0 Å². The largest absolute Gasteiger partial charge is 0.462 e. The molecule has 2 N–H and O–H groups in total. The molecule has 0 spiro atoms. The van der Waals surface area contributed by atoms with E-state index < -0.39 is 11.8 Å². The fourth-order valence-electron chi connectivity index (χ4n) is 1.95. The van der Waals surface area contributed by atoms with E-state index in [1.54, 1.807) is 18.7 Å². The summed E-state index contributed by atoms with van der Waals surface area (Å²) in [4.78, 5) is 13.7. The number of hydrogen-bond acceptors (Lipinski definition) is 5. The van der Waals surface area contributed by atoms with E-state index >= 15 is 0 Å². The number of esters is 1. The van der Waals surface area contributed by atoms with Crippen LogP contribution in [-0.4, -0.2) is 37.7 Å². The molecule has 1 unspecified atom stereocenters. The van der Waals surface area contributed by atoms with Gasteiger partial charge in [0.15, 0.2) is 0 Å². The minimum Gasteiger partial charge on any atom is -0.462 e. The molecule has 118 valence electrons. The molecule has 0 saturated heterocycles. The molecule has 0 bridgehead atoms. The third-order valence-corrected chi connectivity index (χ3v) is 4.04. The lowest BCUT2D eigenvalue weighted by atomic mass is 10.1. The van der Waals surface area contributed by atoms with Crippen molar-refractivity contribution >= 4 is 29.1 Å². The number of rotatable bonds is 7. The van der Waals surface area contributed by atoms with Gasteiger partial charge in [0.25, 0.3) is 0 Å². The quantitative estimate of drug-likeness (QED) is 0.619. The number of anilines is 2. The Labute approximate surface area is 129 Å². The first kappa shape index (κ1) is 17.6. The molecule has 0 aliphatic carbocycles. The summed E-state index contributed by atoms with van der Waals surface area (Å²) in [6.45, 7) is 4.00. The van der Waals surface area contributed by atoms with Crippen LogP contribution in [0.5, 0.6) is 0 Å². The summed E-state index contributed by atoms with van der Waals surface area (Å²) in [7, 11) is 1.81. The first-order valence-electron chi connectivity index (χ1n) is 6.90. The van der Waals surface area contributed by atoms with E-state index in [0.29, 0.717) is 5.69 Å². The molecule has 0 heterocycles. The number of hydrogen-bond donors (Lipinski definition) is 1. The highest BCUT2D eigenvalue weighted by atomic mass is 32.2. The van der Waals surface area contributed by atoms with Crippen molar-refractivity contribution in [3.63, 3.8) is 0 Å². The summed E-state index contributed by atoms with van der Waals surface area (Å²) in [5.41, 5.74) is 6.38. The number of halogens is 1. The summed E-state index contributed by atoms with van der Waals surface area (Å²) in [5.74, 6) is 0.0350. The normalized spacial score (nSPS) is 12.0. The number of carbonyl (C=O) groups excluding carboxylic acids is 1. The lowest BCUT2D eigenvalue weighted by molar-refractivity contribution is 0.0527. The third-order valence-electron chi connectivity index (χ3n) is 3.40. The van der Waals surface area contributed by atoms with Crippen molar-refractivity contribution in [1.82, 2.24) is 0 Å². The minimum absolute atomic E-state index is 0.0971. The minimum atomic E-state index is -0.526. The van der Waals surface area contributed by atoms with Gasteiger partial charge in [0, 0.05) is 18.8 Å². The van der Waals surface area contributed by atoms with Gasteiger partial charge >= 0.3 is 5.97 Å². The van der Waals surface area contributed by atoms with Crippen molar-refractivity contribution in [3.8, 4) is 0 Å². The Hall–Kier alpha value is -1.43. The molecular formula is C15H23FN2O2S. The molecular weight excluding hydrogens is 291 g/mol. The van der Waals surface area contributed by atoms with E-state index in [1.165, 1.54) is 12.1 Å². The summed E-state index contributed by atoms with van der Waals surface area (Å²) in [6, 6.07) is 2.81. The summed E-state index contributed by atoms with van der Waals surface area (Å²) >= 11 is 1.75. The molecule has 0 radical (unpaired) electrons. The Kier molecular flexibility index (Phi) is 6.81. The molecule has 0 amide bonds. The summed E-state index contributed by atoms with van der Waals surface area (Å²) in [6.07, 6.45) is 2.96. The molecule has 0 fully saturated rings. The molecule has 4 nitrogen and oxygen atoms in total. The molecule has 1 aromatic carbocycles. The second-order valence-corrected chi connectivity index (χ2v) is 5.84. The Morgan fingerprint density at radius 2 is 2.19 bits per heavy atom. The van der Waals surface area contributed by atoms with Gasteiger partial charge in [-0.3, -0.25) is 0 Å². The monoisotopic (exact) mass is 314 g/mol. The van der Waals surface area contributed by atoms with Crippen molar-refractivity contribution in [2.24, 2.45) is 0 Å². The zero-order valence-corrected chi connectivity index (χ0v) is 13.8. The fourth-order valence-corrected chi connectivity index (χ4v) is 2.53. The van der Waals surface area contributed by atoms with Gasteiger partial charge in [-0.25, -0.2) is 9.18 Å². The molecule has 0 aromatic heterocycles. The molecule has 1 rings (SSSR count). The molecule has 0 aliphatic heterocycles. The highest BCUT2D eigenvalue weighted by Gasteiger charge is 2.19. The lowest BCUT2D eigenvalue weighted by Gasteiger charge is -2.28. The summed E-state index contributed by atoms with van der Waals surface area (Å²) < 4.78 is 19.1. The van der Waals surface area contributed by atoms with Crippen molar-refractivity contribution in [1.29, 1.82) is 0 Å². The van der Waals surface area contributed by atoms with Gasteiger partial charge in [0.1, 0.15) is 5.82 Å². The van der Waals surface area contributed by atoms with Crippen molar-refractivity contribution in [3.05, 3.63) is 23.5 Å². The highest BCUT2D eigenvalue weighted by molar-refractivity contribution is 7.98. The number of nitrogens with two attached hydrogens (primary N) is 1. The maximum Gasteiger partial charge on any atom is 0.340 e. The topological polar surface area (TPSA) is 55.6 Å². The first-order valence-corrected chi connectivity index (χ1v) is 8.29. The van der Waals surface area contributed by atoms with Crippen LogP contribution in [0, 0.1) is 5.82 Å². The highest BCUT2D eigenvalue weighted by Crippen LogP contribution is 2.27. The van der Waals surface area contributed by atoms with Gasteiger partial charge in [-0.2, -0.15) is 11.8 Å². The van der Waals surface area contributed by atoms with Crippen LogP contribution in [0.15, 0.2) is 12.1 Å². The van der Waals surface area contributed by atoms with E-state index in [-0.39, 0.29) is 23.9 Å². The van der Waals surface area contributed by atoms with Gasteiger partial charge in [0.05, 0.1) is 17.9 Å². The molecule has 6 heteroatoms. The van der Waals surface area contributed by atoms with E-state index in [1.807, 2.05) is 25.1 Å². The third kappa shape index (κ3) is 4.52. The number of nitrogen functional groups attached to an aromatic ring is 1. The van der Waals surface area contributed by atoms with Crippen LogP contribution in [-0.2, 0) is 4.74 Å². The first-order chi connectivity index (χ1) is 9.92. The molecule has 1 aromatic rings. The Morgan fingerprint density at radius 1 is 1.52 bits per heavy atom. The van der Waals surface area contributed by atoms with Gasteiger partial charge in [0.2, 0.25) is 0 Å². The van der Waals surface area contributed by atoms with Crippen molar-refractivity contribution in [2.75, 3.05) is 36.3 Å². The zero-order chi connectivity index (χ0) is 16.0. The number of nitrogens with zero attached hydrogens (tertiary/aromatic N) is 1. The predicted molar refractivity (Wildman–Crippen MR) is 87.6 cm³/mol. The maximum atomic E-state index is 14.1. The van der Waals surface area contributed by atoms with Gasteiger partial charge in [-0.1, -0.05) is 0 Å². The van der Waals surface area contributed by atoms with Gasteiger partial charge in [-0.05, 0) is 44.4 Å². The zero-order valence-electron chi connectivity index (χ0n) is 13.0. The Balaban J connectivity index is 3.06. The Morgan fingerprint density at radius 3 is 2.76 bits per heavy atom. The van der Waals surface area contributed by atoms with Crippen molar-refractivity contribution in [2.45, 2.75) is 26.3 Å². The van der Waals surface area contributed by atoms with E-state index in [2.05, 4.69) is 0 Å². The van der Waals surface area contributed by atoms with Crippen LogP contribution in [0.4, 0.5) is 15.8 Å². The second-order valence-electron chi connectivity index (χ2n) is 4.85. The summed E-state index contributed by atoms with van der Waals surface area (Å²) in [5, 5.41) is 0. The maximum absolute atomic E-state index is 14.1. The van der Waals surface area contributed by atoms with Crippen LogP contribution >= 0.6 is 11.8 Å². The van der Waals surface area contributed by atoms with E-state index in [4.69, 9.17) is 10.5 Å². The SMILES string of the molecule is CCOC(=O)c1cc(N(C)C(C)CCSC)c(F)cc1N. The Bertz CT molecular complexity index is 497. The molecule has 0 saturated carbocycles. The number of benzene rings is 1. The van der Waals surface area contributed by atoms with Crippen LogP contribution < -0.4 is 10.6 Å². The van der Waals surface area contributed by atoms with Crippen LogP contribution in [0.1, 0.15) is 30.6 Å².